The zero-order valence-electron chi connectivity index (χ0n) is 17.7. The summed E-state index contributed by atoms with van der Waals surface area (Å²) in [6, 6.07) is 32.6. The van der Waals surface area contributed by atoms with E-state index in [1.54, 1.807) is 30.3 Å². The number of sulfonamides is 1. The molecule has 32 heavy (non-hydrogen) atoms. The summed E-state index contributed by atoms with van der Waals surface area (Å²) in [6.07, 6.45) is 0.608. The Labute approximate surface area is 188 Å². The highest BCUT2D eigenvalue weighted by Gasteiger charge is 2.42. The Morgan fingerprint density at radius 1 is 0.781 bits per heavy atom. The lowest BCUT2D eigenvalue weighted by molar-refractivity contribution is 0.140. The largest absolute Gasteiger partial charge is 0.477 e. The Kier molecular flexibility index (Phi) is 4.98. The lowest BCUT2D eigenvalue weighted by Gasteiger charge is -2.30. The van der Waals surface area contributed by atoms with Crippen molar-refractivity contribution < 1.29 is 13.2 Å². The SMILES string of the molecule is Cc1ccc(S(=O)(=O)Nc2ccc3c(c2)CC(c2ccccc2)(c2ccccc2)O3)cc1. The highest BCUT2D eigenvalue weighted by Crippen LogP contribution is 2.46. The van der Waals surface area contributed by atoms with Crippen LogP contribution in [0, 0.1) is 6.92 Å². The Bertz CT molecular complexity index is 1310. The number of ether oxygens (including phenoxy) is 1. The lowest BCUT2D eigenvalue weighted by Crippen LogP contribution is -2.32. The van der Waals surface area contributed by atoms with E-state index in [1.165, 1.54) is 0 Å². The lowest BCUT2D eigenvalue weighted by atomic mass is 9.83. The standard InChI is InChI=1S/C27H23NO3S/c1-20-12-15-25(16-13-20)32(29,30)28-24-14-17-26-21(18-24)19-27(31-26,22-8-4-2-5-9-22)23-10-6-3-7-11-23/h2-18,28H,19H2,1H3. The molecule has 4 nitrogen and oxygen atoms in total. The van der Waals surface area contributed by atoms with Gasteiger partial charge in [0.25, 0.3) is 10.0 Å². The first kappa shape index (κ1) is 20.3. The van der Waals surface area contributed by atoms with Crippen molar-refractivity contribution in [3.63, 3.8) is 0 Å². The van der Waals surface area contributed by atoms with Gasteiger partial charge >= 0.3 is 0 Å². The third-order valence-corrected chi connectivity index (χ3v) is 7.24. The van der Waals surface area contributed by atoms with Crippen LogP contribution in [0.1, 0.15) is 22.3 Å². The second-order valence-corrected chi connectivity index (χ2v) is 9.76. The average Bonchev–Trinajstić information content (AvgIpc) is 3.20. The predicted octanol–water partition coefficient (Wildman–Crippen LogP) is 5.67. The minimum atomic E-state index is -3.67. The van der Waals surface area contributed by atoms with E-state index in [0.29, 0.717) is 12.1 Å². The van der Waals surface area contributed by atoms with Crippen LogP contribution in [0.5, 0.6) is 5.75 Å². The normalized spacial score (nSPS) is 14.4. The minimum absolute atomic E-state index is 0.239. The van der Waals surface area contributed by atoms with Crippen LogP contribution >= 0.6 is 0 Å². The molecule has 0 saturated heterocycles. The van der Waals surface area contributed by atoms with E-state index in [2.05, 4.69) is 29.0 Å². The third kappa shape index (κ3) is 3.65. The molecule has 0 fully saturated rings. The van der Waals surface area contributed by atoms with Crippen LogP contribution in [0.4, 0.5) is 5.69 Å². The van der Waals surface area contributed by atoms with E-state index in [1.807, 2.05) is 55.5 Å². The van der Waals surface area contributed by atoms with Gasteiger partial charge < -0.3 is 4.74 Å². The monoisotopic (exact) mass is 441 g/mol. The molecule has 5 heteroatoms. The average molecular weight is 442 g/mol. The van der Waals surface area contributed by atoms with Gasteiger partial charge in [-0.1, -0.05) is 78.4 Å². The zero-order chi connectivity index (χ0) is 22.2. The molecule has 4 aromatic rings. The maximum absolute atomic E-state index is 12.8. The number of benzene rings is 4. The number of aryl methyl sites for hydroxylation is 1. The fourth-order valence-electron chi connectivity index (χ4n) is 4.21. The van der Waals surface area contributed by atoms with Crippen LogP contribution in [0.25, 0.3) is 0 Å². The van der Waals surface area contributed by atoms with Gasteiger partial charge in [0, 0.05) is 28.8 Å². The molecule has 0 amide bonds. The molecule has 5 rings (SSSR count). The molecule has 4 aromatic carbocycles. The number of anilines is 1. The number of rotatable bonds is 5. The number of fused-ring (bicyclic) bond motifs is 1. The van der Waals surface area contributed by atoms with Crippen molar-refractivity contribution in [2.75, 3.05) is 4.72 Å². The van der Waals surface area contributed by atoms with Crippen molar-refractivity contribution in [3.05, 3.63) is 125 Å². The molecule has 0 aromatic heterocycles. The van der Waals surface area contributed by atoms with Gasteiger partial charge in [-0.05, 0) is 37.3 Å². The van der Waals surface area contributed by atoms with E-state index in [-0.39, 0.29) is 4.90 Å². The zero-order valence-corrected chi connectivity index (χ0v) is 18.5. The van der Waals surface area contributed by atoms with Gasteiger partial charge in [0.15, 0.2) is 5.60 Å². The first-order valence-corrected chi connectivity index (χ1v) is 12.0. The smallest absolute Gasteiger partial charge is 0.261 e. The first-order chi connectivity index (χ1) is 15.5. The van der Waals surface area contributed by atoms with Crippen molar-refractivity contribution in [2.45, 2.75) is 23.8 Å². The highest BCUT2D eigenvalue weighted by atomic mass is 32.2. The van der Waals surface area contributed by atoms with Gasteiger partial charge in [-0.2, -0.15) is 0 Å². The fourth-order valence-corrected chi connectivity index (χ4v) is 5.26. The summed E-state index contributed by atoms with van der Waals surface area (Å²) in [5.74, 6) is 0.760. The summed E-state index contributed by atoms with van der Waals surface area (Å²) in [6.45, 7) is 1.93. The molecule has 0 atom stereocenters. The second-order valence-electron chi connectivity index (χ2n) is 8.08. The molecule has 160 valence electrons. The molecule has 0 unspecified atom stereocenters. The van der Waals surface area contributed by atoms with Gasteiger partial charge in [-0.15, -0.1) is 0 Å². The number of nitrogens with one attached hydrogen (secondary N) is 1. The van der Waals surface area contributed by atoms with Gasteiger partial charge in [-0.25, -0.2) is 8.42 Å². The van der Waals surface area contributed by atoms with Crippen molar-refractivity contribution >= 4 is 15.7 Å². The van der Waals surface area contributed by atoms with E-state index < -0.39 is 15.6 Å². The van der Waals surface area contributed by atoms with Crippen LogP contribution < -0.4 is 9.46 Å². The minimum Gasteiger partial charge on any atom is -0.477 e. The summed E-state index contributed by atoms with van der Waals surface area (Å²) in [7, 11) is -3.67. The number of hydrogen-bond donors (Lipinski definition) is 1. The molecular weight excluding hydrogens is 418 g/mol. The number of hydrogen-bond acceptors (Lipinski definition) is 3. The van der Waals surface area contributed by atoms with Crippen LogP contribution in [0.3, 0.4) is 0 Å². The molecule has 0 aliphatic carbocycles. The van der Waals surface area contributed by atoms with E-state index in [9.17, 15) is 8.42 Å². The van der Waals surface area contributed by atoms with Crippen LogP contribution in [0.2, 0.25) is 0 Å². The Morgan fingerprint density at radius 2 is 1.38 bits per heavy atom. The van der Waals surface area contributed by atoms with Crippen molar-refractivity contribution in [2.24, 2.45) is 0 Å². The van der Waals surface area contributed by atoms with Crippen molar-refractivity contribution in [1.29, 1.82) is 0 Å². The maximum atomic E-state index is 12.8. The van der Waals surface area contributed by atoms with E-state index in [4.69, 9.17) is 4.74 Å². The highest BCUT2D eigenvalue weighted by molar-refractivity contribution is 7.92. The van der Waals surface area contributed by atoms with Crippen LogP contribution in [0.15, 0.2) is 108 Å². The molecule has 0 saturated carbocycles. The molecule has 1 N–H and O–H groups in total. The van der Waals surface area contributed by atoms with E-state index in [0.717, 1.165) is 28.0 Å². The quantitative estimate of drug-likeness (QED) is 0.434. The van der Waals surface area contributed by atoms with Gasteiger partial charge in [0.05, 0.1) is 4.90 Å². The molecule has 0 bridgehead atoms. The second kappa shape index (κ2) is 7.84. The molecule has 0 spiro atoms. The van der Waals surface area contributed by atoms with Crippen molar-refractivity contribution in [3.8, 4) is 5.75 Å². The fraction of sp³-hybridized carbons (Fsp3) is 0.111. The molecule has 1 aliphatic heterocycles. The molecule has 1 aliphatic rings. The summed E-state index contributed by atoms with van der Waals surface area (Å²) < 4.78 is 35.0. The summed E-state index contributed by atoms with van der Waals surface area (Å²) in [5, 5.41) is 0. The first-order valence-electron chi connectivity index (χ1n) is 10.5. The summed E-state index contributed by atoms with van der Waals surface area (Å²) >= 11 is 0. The van der Waals surface area contributed by atoms with Crippen LogP contribution in [-0.4, -0.2) is 8.42 Å². The van der Waals surface area contributed by atoms with Gasteiger partial charge in [-0.3, -0.25) is 4.72 Å². The van der Waals surface area contributed by atoms with E-state index >= 15 is 0 Å². The summed E-state index contributed by atoms with van der Waals surface area (Å²) in [4.78, 5) is 0.239. The summed E-state index contributed by atoms with van der Waals surface area (Å²) in [5.41, 5.74) is 3.95. The van der Waals surface area contributed by atoms with Gasteiger partial charge in [0.2, 0.25) is 0 Å². The Hall–Kier alpha value is -3.57. The van der Waals surface area contributed by atoms with Crippen molar-refractivity contribution in [1.82, 2.24) is 0 Å². The third-order valence-electron chi connectivity index (χ3n) is 5.85. The molecular formula is C27H23NO3S. The Morgan fingerprint density at radius 3 is 1.97 bits per heavy atom. The molecule has 1 heterocycles. The maximum Gasteiger partial charge on any atom is 0.261 e. The van der Waals surface area contributed by atoms with Gasteiger partial charge in [0.1, 0.15) is 5.75 Å². The Balaban J connectivity index is 1.50. The predicted molar refractivity (Wildman–Crippen MR) is 126 cm³/mol. The topological polar surface area (TPSA) is 55.4 Å². The van der Waals surface area contributed by atoms with Crippen LogP contribution in [-0.2, 0) is 22.0 Å². The molecule has 0 radical (unpaired) electrons.